The number of carboxylic acid groups (broad SMARTS) is 1. The SMILES string of the molecule is CNCC(=O)N[C@@H](CCCN=C(N)N)C(=O)N[C@H](C(=O)N[C@@H](Cc1ccc(O)cc1)C(=O)N[C@@H](C(=O)N[C@H](Cc1cnc[nH]1)C(=O)N1CCC[C@@H]1C(=O)N[C@@H](C)C(=O)O)C(C)C)C(C)C. The predicted molar refractivity (Wildman–Crippen MR) is 237 cm³/mol. The van der Waals surface area contributed by atoms with Gasteiger partial charge < -0.3 is 68.8 Å². The molecule has 14 N–H and O–H groups in total. The number of nitrogens with one attached hydrogen (secondary N) is 8. The Hall–Kier alpha value is -6.78. The van der Waals surface area contributed by atoms with Crippen LogP contribution < -0.4 is 48.7 Å². The molecular weight excluding hydrogens is 847 g/mol. The number of aromatic nitrogens is 2. The maximum absolute atomic E-state index is 14.3. The van der Waals surface area contributed by atoms with Gasteiger partial charge in [0.15, 0.2) is 5.96 Å². The van der Waals surface area contributed by atoms with Crippen LogP contribution in [0, 0.1) is 11.8 Å². The molecule has 2 heterocycles. The summed E-state index contributed by atoms with van der Waals surface area (Å²) in [6, 6.07) is -2.43. The van der Waals surface area contributed by atoms with Crippen LogP contribution in [-0.4, -0.2) is 147 Å². The van der Waals surface area contributed by atoms with Gasteiger partial charge in [-0.2, -0.15) is 0 Å². The van der Waals surface area contributed by atoms with Crippen molar-refractivity contribution >= 4 is 53.3 Å². The van der Waals surface area contributed by atoms with Crippen molar-refractivity contribution in [2.24, 2.45) is 28.3 Å². The number of aromatic amines is 1. The minimum absolute atomic E-state index is 0.0393. The molecule has 0 bridgehead atoms. The van der Waals surface area contributed by atoms with Gasteiger partial charge in [0, 0.05) is 37.8 Å². The predicted octanol–water partition coefficient (Wildman–Crippen LogP) is -2.51. The molecule has 23 heteroatoms. The second-order valence-electron chi connectivity index (χ2n) is 16.6. The van der Waals surface area contributed by atoms with E-state index < -0.39 is 101 Å². The number of carbonyl (C=O) groups excluding carboxylic acids is 7. The second kappa shape index (κ2) is 25.5. The number of hydrogen-bond donors (Lipinski definition) is 12. The smallest absolute Gasteiger partial charge is 0.325 e. The van der Waals surface area contributed by atoms with Gasteiger partial charge in [-0.3, -0.25) is 43.3 Å². The fourth-order valence-electron chi connectivity index (χ4n) is 7.05. The molecule has 1 saturated heterocycles. The van der Waals surface area contributed by atoms with Crippen LogP contribution in [0.2, 0.25) is 0 Å². The molecule has 1 fully saturated rings. The van der Waals surface area contributed by atoms with Crippen LogP contribution in [0.3, 0.4) is 0 Å². The Morgan fingerprint density at radius 2 is 1.42 bits per heavy atom. The van der Waals surface area contributed by atoms with E-state index in [1.54, 1.807) is 46.9 Å². The van der Waals surface area contributed by atoms with Crippen LogP contribution in [0.25, 0.3) is 0 Å². The fourth-order valence-corrected chi connectivity index (χ4v) is 7.05. The molecule has 1 aliphatic rings. The average molecular weight is 912 g/mol. The van der Waals surface area contributed by atoms with Crippen LogP contribution >= 0.6 is 0 Å². The number of aliphatic carboxylic acids is 1. The summed E-state index contributed by atoms with van der Waals surface area (Å²) < 4.78 is 0. The van der Waals surface area contributed by atoms with Gasteiger partial charge in [-0.05, 0) is 69.2 Å². The van der Waals surface area contributed by atoms with Crippen molar-refractivity contribution in [2.75, 3.05) is 26.7 Å². The first kappa shape index (κ1) is 52.6. The first-order valence-electron chi connectivity index (χ1n) is 21.5. The highest BCUT2D eigenvalue weighted by Gasteiger charge is 2.40. The number of aliphatic imine (C=N–C) groups is 1. The van der Waals surface area contributed by atoms with Crippen molar-refractivity contribution in [1.29, 1.82) is 0 Å². The summed E-state index contributed by atoms with van der Waals surface area (Å²) in [7, 11) is 1.57. The molecule has 1 aromatic heterocycles. The van der Waals surface area contributed by atoms with Crippen molar-refractivity contribution in [3.63, 3.8) is 0 Å². The quantitative estimate of drug-likeness (QED) is 0.0278. The molecule has 1 aromatic carbocycles. The standard InChI is InChI=1S/C42H65N13O10/c1-22(2)33(53-35(58)28(50-32(57)20-45-6)9-7-15-47-42(43)44)38(61)51-29(17-25-11-13-27(56)14-12-25)36(59)54-34(23(3)4)39(62)52-30(18-26-19-46-21-48-26)40(63)55-16-8-10-31(55)37(60)49-24(5)41(64)65/h11-14,19,21-24,28-31,33-34,45,56H,7-10,15-18,20H2,1-6H3,(H,46,48)(H,49,60)(H,50,57)(H,51,61)(H,52,62)(H,53,58)(H,54,59)(H,64,65)(H4,43,44,47)/t24-,28-,29-,30+,31+,33-,34+/m0/s1. The summed E-state index contributed by atoms with van der Waals surface area (Å²) in [6.07, 6.45) is 3.84. The number of benzene rings is 1. The Morgan fingerprint density at radius 3 is 1.95 bits per heavy atom. The molecule has 1 aliphatic heterocycles. The number of imidazole rings is 1. The molecule has 0 unspecified atom stereocenters. The topological polar surface area (TPSA) is 358 Å². The number of carboxylic acids is 1. The molecule has 2 aromatic rings. The number of nitrogens with zero attached hydrogens (tertiary/aromatic N) is 3. The molecule has 7 atom stereocenters. The summed E-state index contributed by atoms with van der Waals surface area (Å²) in [6.45, 7) is 8.27. The van der Waals surface area contributed by atoms with E-state index in [4.69, 9.17) is 11.5 Å². The number of likely N-dealkylation sites (tertiary alicyclic amines) is 1. The van der Waals surface area contributed by atoms with Crippen molar-refractivity contribution < 1.29 is 48.6 Å². The van der Waals surface area contributed by atoms with Gasteiger partial charge in [-0.1, -0.05) is 39.8 Å². The van der Waals surface area contributed by atoms with Gasteiger partial charge in [0.1, 0.15) is 48.0 Å². The number of H-pyrrole nitrogens is 1. The monoisotopic (exact) mass is 911 g/mol. The van der Waals surface area contributed by atoms with Gasteiger partial charge in [0.25, 0.3) is 0 Å². The summed E-state index contributed by atoms with van der Waals surface area (Å²) >= 11 is 0. The van der Waals surface area contributed by atoms with E-state index in [1.165, 1.54) is 36.5 Å². The zero-order valence-corrected chi connectivity index (χ0v) is 37.7. The maximum atomic E-state index is 14.3. The number of rotatable bonds is 25. The van der Waals surface area contributed by atoms with E-state index in [9.17, 15) is 48.6 Å². The highest BCUT2D eigenvalue weighted by atomic mass is 16.4. The molecule has 65 heavy (non-hydrogen) atoms. The molecule has 7 amide bonds. The van der Waals surface area contributed by atoms with Crippen LogP contribution in [0.5, 0.6) is 5.75 Å². The van der Waals surface area contributed by atoms with Crippen LogP contribution in [-0.2, 0) is 51.2 Å². The lowest BCUT2D eigenvalue weighted by atomic mass is 9.98. The van der Waals surface area contributed by atoms with Crippen molar-refractivity contribution in [3.05, 3.63) is 48.0 Å². The van der Waals surface area contributed by atoms with Gasteiger partial charge in [-0.15, -0.1) is 0 Å². The lowest BCUT2D eigenvalue weighted by Crippen LogP contribution is -2.61. The van der Waals surface area contributed by atoms with Crippen molar-refractivity contribution in [3.8, 4) is 5.75 Å². The Bertz CT molecular complexity index is 1970. The Morgan fingerprint density at radius 1 is 0.815 bits per heavy atom. The van der Waals surface area contributed by atoms with E-state index in [0.29, 0.717) is 24.1 Å². The van der Waals surface area contributed by atoms with Crippen LogP contribution in [0.15, 0.2) is 41.8 Å². The lowest BCUT2D eigenvalue weighted by molar-refractivity contribution is -0.144. The number of hydrogen-bond acceptors (Lipinski definition) is 12. The number of amides is 7. The van der Waals surface area contributed by atoms with E-state index >= 15 is 0 Å². The fraction of sp³-hybridized carbons (Fsp3) is 0.571. The minimum Gasteiger partial charge on any atom is -0.508 e. The Balaban J connectivity index is 1.88. The second-order valence-corrected chi connectivity index (χ2v) is 16.6. The largest absolute Gasteiger partial charge is 0.508 e. The number of phenols is 1. The molecule has 0 saturated carbocycles. The van der Waals surface area contributed by atoms with E-state index in [-0.39, 0.29) is 57.0 Å². The summed E-state index contributed by atoms with van der Waals surface area (Å²) in [5, 5.41) is 37.9. The molecule has 358 valence electrons. The molecule has 23 nitrogen and oxygen atoms in total. The number of nitrogens with two attached hydrogens (primary N) is 2. The van der Waals surface area contributed by atoms with Crippen molar-refractivity contribution in [2.45, 2.75) is 115 Å². The maximum Gasteiger partial charge on any atom is 0.325 e. The highest BCUT2D eigenvalue weighted by Crippen LogP contribution is 2.20. The highest BCUT2D eigenvalue weighted by molar-refractivity contribution is 5.98. The minimum atomic E-state index is -1.34. The van der Waals surface area contributed by atoms with Crippen molar-refractivity contribution in [1.82, 2.24) is 52.1 Å². The number of carbonyl (C=O) groups is 8. The van der Waals surface area contributed by atoms with Gasteiger partial charge >= 0.3 is 5.97 Å². The zero-order chi connectivity index (χ0) is 48.4. The third-order valence-corrected chi connectivity index (χ3v) is 10.6. The number of phenolic OH excluding ortho intramolecular Hbond substituents is 1. The molecule has 0 radical (unpaired) electrons. The summed E-state index contributed by atoms with van der Waals surface area (Å²) in [5.74, 6) is -7.20. The molecule has 0 aliphatic carbocycles. The van der Waals surface area contributed by atoms with Crippen LogP contribution in [0.1, 0.15) is 71.6 Å². The summed E-state index contributed by atoms with van der Waals surface area (Å²) in [4.78, 5) is 120. The first-order valence-corrected chi connectivity index (χ1v) is 21.5. The van der Waals surface area contributed by atoms with Crippen LogP contribution in [0.4, 0.5) is 0 Å². The number of aromatic hydroxyl groups is 1. The van der Waals surface area contributed by atoms with Gasteiger partial charge in [0.2, 0.25) is 41.4 Å². The molecule has 0 spiro atoms. The summed E-state index contributed by atoms with van der Waals surface area (Å²) in [5.41, 5.74) is 11.9. The number of likely N-dealkylation sites (N-methyl/N-ethyl adjacent to an activating group) is 1. The van der Waals surface area contributed by atoms with E-state index in [2.05, 4.69) is 52.2 Å². The first-order chi connectivity index (χ1) is 30.7. The Labute approximate surface area is 377 Å². The van der Waals surface area contributed by atoms with E-state index in [1.807, 2.05) is 0 Å². The van der Waals surface area contributed by atoms with E-state index in [0.717, 1.165) is 0 Å². The Kier molecular flexibility index (Phi) is 20.6. The molecular formula is C42H65N13O10. The molecule has 3 rings (SSSR count). The number of guanidine groups is 1. The normalized spacial score (nSPS) is 16.2. The average Bonchev–Trinajstić information content (AvgIpc) is 3.95. The zero-order valence-electron chi connectivity index (χ0n) is 37.7. The third kappa shape index (κ3) is 16.7. The third-order valence-electron chi connectivity index (χ3n) is 10.6. The lowest BCUT2D eigenvalue weighted by Gasteiger charge is -2.31. The van der Waals surface area contributed by atoms with Gasteiger partial charge in [-0.25, -0.2) is 4.98 Å². The van der Waals surface area contributed by atoms with Gasteiger partial charge in [0.05, 0.1) is 12.9 Å².